The first-order valence-electron chi connectivity index (χ1n) is 22.2. The molecule has 0 saturated heterocycles. The third kappa shape index (κ3) is 6.12. The van der Waals surface area contributed by atoms with Crippen LogP contribution in [0.5, 0.6) is 0 Å². The lowest BCUT2D eigenvalue weighted by molar-refractivity contribution is 0.661. The van der Waals surface area contributed by atoms with Crippen LogP contribution >= 0.6 is 0 Å². The molecule has 12 rings (SSSR count). The highest BCUT2D eigenvalue weighted by Gasteiger charge is 2.36. The molecule has 0 spiro atoms. The normalized spacial score (nSPS) is 12.7. The molecule has 0 saturated carbocycles. The molecule has 1 aliphatic rings. The van der Waals surface area contributed by atoms with Gasteiger partial charge in [-0.25, -0.2) is 0 Å². The summed E-state index contributed by atoms with van der Waals surface area (Å²) in [4.78, 5) is 4.88. The molecule has 0 amide bonds. The van der Waals surface area contributed by atoms with Crippen molar-refractivity contribution < 1.29 is 0 Å². The molecule has 1 aromatic heterocycles. The molecule has 3 heteroatoms. The Bertz CT molecular complexity index is 3460. The van der Waals surface area contributed by atoms with Gasteiger partial charge in [0, 0.05) is 44.6 Å². The molecule has 0 N–H and O–H groups in total. The van der Waals surface area contributed by atoms with Crippen molar-refractivity contribution in [2.24, 2.45) is 0 Å². The lowest BCUT2D eigenvalue weighted by atomic mass is 9.82. The Morgan fingerprint density at radius 1 is 0.359 bits per heavy atom. The minimum Gasteiger partial charge on any atom is -0.310 e. The zero-order valence-corrected chi connectivity index (χ0v) is 35.9. The minimum atomic E-state index is -0.145. The van der Waals surface area contributed by atoms with E-state index in [1.165, 1.54) is 54.9 Å². The largest absolute Gasteiger partial charge is 0.310 e. The van der Waals surface area contributed by atoms with Gasteiger partial charge in [-0.15, -0.1) is 0 Å². The summed E-state index contributed by atoms with van der Waals surface area (Å²) < 4.78 is 2.45. The Morgan fingerprint density at radius 3 is 1.55 bits per heavy atom. The Hall–Kier alpha value is -8.14. The Balaban J connectivity index is 1.16. The van der Waals surface area contributed by atoms with Gasteiger partial charge in [0.05, 0.1) is 22.4 Å². The minimum absolute atomic E-state index is 0.145. The number of anilines is 6. The first kappa shape index (κ1) is 37.6. The Morgan fingerprint density at radius 2 is 0.891 bits per heavy atom. The van der Waals surface area contributed by atoms with Crippen LogP contribution in [0.15, 0.2) is 237 Å². The molecular formula is C61H45N3. The van der Waals surface area contributed by atoms with Gasteiger partial charge in [-0.2, -0.15) is 0 Å². The number of nitrogens with zero attached hydrogens (tertiary/aromatic N) is 3. The molecule has 10 aromatic carbocycles. The van der Waals surface area contributed by atoms with Crippen LogP contribution in [0.25, 0.3) is 60.5 Å². The van der Waals surface area contributed by atoms with E-state index in [9.17, 15) is 0 Å². The van der Waals surface area contributed by atoms with Crippen molar-refractivity contribution in [3.63, 3.8) is 0 Å². The van der Waals surface area contributed by atoms with Gasteiger partial charge in [-0.3, -0.25) is 0 Å². The van der Waals surface area contributed by atoms with Gasteiger partial charge in [0.2, 0.25) is 0 Å². The molecule has 1 heterocycles. The fourth-order valence-corrected chi connectivity index (χ4v) is 10.2. The van der Waals surface area contributed by atoms with E-state index in [-0.39, 0.29) is 5.41 Å². The van der Waals surface area contributed by atoms with Crippen molar-refractivity contribution >= 4 is 66.7 Å². The molecule has 3 nitrogen and oxygen atoms in total. The van der Waals surface area contributed by atoms with Crippen LogP contribution in [0.3, 0.4) is 0 Å². The smallest absolute Gasteiger partial charge is 0.0583 e. The number of benzene rings is 10. The third-order valence-electron chi connectivity index (χ3n) is 13.3. The van der Waals surface area contributed by atoms with Gasteiger partial charge in [0.1, 0.15) is 0 Å². The molecule has 1 aliphatic carbocycles. The van der Waals surface area contributed by atoms with Gasteiger partial charge >= 0.3 is 0 Å². The highest BCUT2D eigenvalue weighted by atomic mass is 15.2. The van der Waals surface area contributed by atoms with E-state index >= 15 is 0 Å². The van der Waals surface area contributed by atoms with E-state index in [0.717, 1.165) is 50.8 Å². The average Bonchev–Trinajstić information content (AvgIpc) is 3.80. The number of rotatable bonds is 8. The zero-order chi connectivity index (χ0) is 42.8. The summed E-state index contributed by atoms with van der Waals surface area (Å²) in [7, 11) is 0. The summed E-state index contributed by atoms with van der Waals surface area (Å²) >= 11 is 0. The van der Waals surface area contributed by atoms with Crippen molar-refractivity contribution in [1.82, 2.24) is 4.57 Å². The second-order valence-electron chi connectivity index (χ2n) is 17.4. The maximum atomic E-state index is 2.49. The molecule has 0 fully saturated rings. The number of para-hydroxylation sites is 4. The van der Waals surface area contributed by atoms with Crippen molar-refractivity contribution in [3.05, 3.63) is 248 Å². The van der Waals surface area contributed by atoms with Crippen molar-refractivity contribution in [2.75, 3.05) is 9.80 Å². The van der Waals surface area contributed by atoms with Crippen LogP contribution in [-0.4, -0.2) is 4.57 Å². The van der Waals surface area contributed by atoms with Crippen molar-refractivity contribution in [1.29, 1.82) is 0 Å². The predicted octanol–water partition coefficient (Wildman–Crippen LogP) is 16.8. The summed E-state index contributed by atoms with van der Waals surface area (Å²) in [5.74, 6) is 0. The fourth-order valence-electron chi connectivity index (χ4n) is 10.2. The van der Waals surface area contributed by atoms with E-state index < -0.39 is 0 Å². The monoisotopic (exact) mass is 819 g/mol. The molecule has 64 heavy (non-hydrogen) atoms. The summed E-state index contributed by atoms with van der Waals surface area (Å²) in [6, 6.07) is 86.5. The maximum absolute atomic E-state index is 2.49. The molecular weight excluding hydrogens is 775 g/mol. The van der Waals surface area contributed by atoms with Gasteiger partial charge in [0.15, 0.2) is 0 Å². The zero-order valence-electron chi connectivity index (χ0n) is 35.9. The quantitative estimate of drug-likeness (QED) is 0.151. The summed E-state index contributed by atoms with van der Waals surface area (Å²) in [6.07, 6.45) is 0. The molecule has 0 radical (unpaired) electrons. The second kappa shape index (κ2) is 15.0. The van der Waals surface area contributed by atoms with Gasteiger partial charge in [-0.05, 0) is 135 Å². The summed E-state index contributed by atoms with van der Waals surface area (Å²) in [5.41, 5.74) is 17.5. The first-order chi connectivity index (χ1) is 31.5. The van der Waals surface area contributed by atoms with Crippen LogP contribution in [0.2, 0.25) is 0 Å². The number of aromatic nitrogens is 1. The van der Waals surface area contributed by atoms with Gasteiger partial charge in [-0.1, -0.05) is 159 Å². The van der Waals surface area contributed by atoms with Crippen molar-refractivity contribution in [2.45, 2.75) is 19.3 Å². The highest BCUT2D eigenvalue weighted by molar-refractivity contribution is 6.18. The second-order valence-corrected chi connectivity index (χ2v) is 17.4. The highest BCUT2D eigenvalue weighted by Crippen LogP contribution is 2.53. The summed E-state index contributed by atoms with van der Waals surface area (Å²) in [6.45, 7) is 4.74. The predicted molar refractivity (Wildman–Crippen MR) is 271 cm³/mol. The molecule has 0 bridgehead atoms. The van der Waals surface area contributed by atoms with E-state index in [0.29, 0.717) is 0 Å². The third-order valence-corrected chi connectivity index (χ3v) is 13.3. The number of hydrogen-bond donors (Lipinski definition) is 0. The van der Waals surface area contributed by atoms with E-state index in [4.69, 9.17) is 0 Å². The summed E-state index contributed by atoms with van der Waals surface area (Å²) in [5, 5.41) is 4.91. The standard InChI is InChI=1S/C61H45N3/c1-61(2)55-36-35-50(39-54(55)53-37-44-21-15-16-22-45(44)38-56(53)61)63(48-27-13-6-14-28-48)58-40-51(62(46-23-9-4-10-24-46)47-25-11-5-12-26-47)41-59-60(58)52-29-17-18-30-57(52)64(59)49-33-31-43(32-34-49)42-19-7-3-8-20-42/h3-41H,1-2H3. The van der Waals surface area contributed by atoms with E-state index in [1.54, 1.807) is 0 Å². The van der Waals surface area contributed by atoms with Crippen LogP contribution < -0.4 is 9.80 Å². The molecule has 0 atom stereocenters. The maximum Gasteiger partial charge on any atom is 0.0583 e. The van der Waals surface area contributed by atoms with Crippen LogP contribution in [0, 0.1) is 0 Å². The Labute approximate surface area is 374 Å². The van der Waals surface area contributed by atoms with E-state index in [2.05, 4.69) is 265 Å². The lowest BCUT2D eigenvalue weighted by Crippen LogP contribution is -2.16. The van der Waals surface area contributed by atoms with Gasteiger partial charge in [0.25, 0.3) is 0 Å². The average molecular weight is 820 g/mol. The number of fused-ring (bicyclic) bond motifs is 7. The molecule has 304 valence electrons. The topological polar surface area (TPSA) is 11.4 Å². The molecule has 0 unspecified atom stereocenters. The Kier molecular flexibility index (Phi) is 8.84. The fraction of sp³-hybridized carbons (Fsp3) is 0.0492. The van der Waals surface area contributed by atoms with Crippen LogP contribution in [0.1, 0.15) is 25.0 Å². The van der Waals surface area contributed by atoms with Crippen molar-refractivity contribution in [3.8, 4) is 27.9 Å². The lowest BCUT2D eigenvalue weighted by Gasteiger charge is -2.31. The van der Waals surface area contributed by atoms with Crippen LogP contribution in [-0.2, 0) is 5.41 Å². The number of hydrogen-bond acceptors (Lipinski definition) is 2. The SMILES string of the molecule is CC1(C)c2ccc(N(c3ccccc3)c3cc(N(c4ccccc4)c4ccccc4)cc4c3c3ccccc3n4-c3ccc(-c4ccccc4)cc3)cc2-c2cc3ccccc3cc21. The van der Waals surface area contributed by atoms with E-state index in [1.807, 2.05) is 0 Å². The first-order valence-corrected chi connectivity index (χ1v) is 22.2. The van der Waals surface area contributed by atoms with Crippen LogP contribution in [0.4, 0.5) is 34.1 Å². The molecule has 0 aliphatic heterocycles. The van der Waals surface area contributed by atoms with Gasteiger partial charge < -0.3 is 14.4 Å². The molecule has 11 aromatic rings.